The Hall–Kier alpha value is -1.19. The van der Waals surface area contributed by atoms with Gasteiger partial charge in [0.2, 0.25) is 0 Å². The van der Waals surface area contributed by atoms with E-state index in [0.717, 1.165) is 6.42 Å². The molecule has 0 spiro atoms. The number of aromatic nitrogens is 1. The highest BCUT2D eigenvalue weighted by atomic mass is 32.1. The molecular weight excluding hydrogens is 264 g/mol. The molecule has 1 N–H and O–H groups in total. The third kappa shape index (κ3) is 2.29. The Morgan fingerprint density at radius 1 is 1.15 bits per heavy atom. The van der Waals surface area contributed by atoms with Gasteiger partial charge in [0, 0.05) is 16.5 Å². The van der Waals surface area contributed by atoms with Gasteiger partial charge in [-0.25, -0.2) is 4.98 Å². The lowest BCUT2D eigenvalue weighted by atomic mass is 9.98. The number of nitrogens with one attached hydrogen (secondary N) is 1. The molecule has 1 aliphatic rings. The topological polar surface area (TPSA) is 24.9 Å². The maximum absolute atomic E-state index is 4.93. The number of rotatable bonds is 2. The average Bonchev–Trinajstić information content (AvgIpc) is 2.86. The van der Waals surface area contributed by atoms with Crippen LogP contribution < -0.4 is 5.32 Å². The van der Waals surface area contributed by atoms with Gasteiger partial charge in [-0.2, -0.15) is 0 Å². The summed E-state index contributed by atoms with van der Waals surface area (Å²) < 4.78 is 0. The Labute approximate surface area is 125 Å². The highest BCUT2D eigenvalue weighted by Gasteiger charge is 2.24. The molecule has 20 heavy (non-hydrogen) atoms. The second-order valence-corrected chi connectivity index (χ2v) is 6.85. The van der Waals surface area contributed by atoms with Crippen molar-refractivity contribution in [3.63, 3.8) is 0 Å². The van der Waals surface area contributed by atoms with Gasteiger partial charge in [0.25, 0.3) is 0 Å². The Morgan fingerprint density at radius 3 is 2.65 bits per heavy atom. The summed E-state index contributed by atoms with van der Waals surface area (Å²) in [6.45, 7) is 6.55. The first-order chi connectivity index (χ1) is 9.60. The standard InChI is InChI=1S/C17H22N2S/c1-10-8-12(3)13(9-11(10)2)17-19-15-7-5-6-14(18-4)16(15)20-17/h8-9,14,18H,5-7H2,1-4H3. The maximum atomic E-state index is 4.93. The Kier molecular flexibility index (Phi) is 3.65. The molecule has 2 aromatic rings. The average molecular weight is 286 g/mol. The molecular formula is C17H22N2S. The van der Waals surface area contributed by atoms with E-state index in [9.17, 15) is 0 Å². The molecule has 0 fully saturated rings. The van der Waals surface area contributed by atoms with Gasteiger partial charge < -0.3 is 5.32 Å². The van der Waals surface area contributed by atoms with Gasteiger partial charge >= 0.3 is 0 Å². The van der Waals surface area contributed by atoms with Crippen LogP contribution in [-0.2, 0) is 6.42 Å². The van der Waals surface area contributed by atoms with E-state index in [1.165, 1.54) is 50.7 Å². The zero-order valence-corrected chi connectivity index (χ0v) is 13.5. The van der Waals surface area contributed by atoms with Crippen LogP contribution in [0.25, 0.3) is 10.6 Å². The van der Waals surface area contributed by atoms with Gasteiger partial charge in [0.05, 0.1) is 5.69 Å². The lowest BCUT2D eigenvalue weighted by Crippen LogP contribution is -2.19. The lowest BCUT2D eigenvalue weighted by molar-refractivity contribution is 0.501. The number of hydrogen-bond acceptors (Lipinski definition) is 3. The number of hydrogen-bond donors (Lipinski definition) is 1. The Bertz CT molecular complexity index is 643. The van der Waals surface area contributed by atoms with Crippen LogP contribution in [0.3, 0.4) is 0 Å². The summed E-state index contributed by atoms with van der Waals surface area (Å²) >= 11 is 1.88. The van der Waals surface area contributed by atoms with Crippen LogP contribution in [0.2, 0.25) is 0 Å². The third-order valence-corrected chi connectivity index (χ3v) is 5.61. The smallest absolute Gasteiger partial charge is 0.124 e. The minimum atomic E-state index is 0.497. The first-order valence-corrected chi connectivity index (χ1v) is 8.17. The number of aryl methyl sites for hydroxylation is 4. The van der Waals surface area contributed by atoms with E-state index in [2.05, 4.69) is 45.3 Å². The predicted molar refractivity (Wildman–Crippen MR) is 86.5 cm³/mol. The number of benzene rings is 1. The largest absolute Gasteiger partial charge is 0.312 e. The molecule has 0 aliphatic heterocycles. The van der Waals surface area contributed by atoms with E-state index in [-0.39, 0.29) is 0 Å². The van der Waals surface area contributed by atoms with Gasteiger partial charge in [-0.1, -0.05) is 6.07 Å². The molecule has 0 saturated heterocycles. The van der Waals surface area contributed by atoms with Crippen molar-refractivity contribution in [1.29, 1.82) is 0 Å². The fourth-order valence-electron chi connectivity index (χ4n) is 3.00. The van der Waals surface area contributed by atoms with Crippen LogP contribution in [0.15, 0.2) is 12.1 Å². The molecule has 106 valence electrons. The van der Waals surface area contributed by atoms with Crippen LogP contribution in [0, 0.1) is 20.8 Å². The summed E-state index contributed by atoms with van der Waals surface area (Å²) in [5.74, 6) is 0. The van der Waals surface area contributed by atoms with Crippen LogP contribution in [0.4, 0.5) is 0 Å². The molecule has 1 aromatic carbocycles. The van der Waals surface area contributed by atoms with Gasteiger partial charge in [-0.15, -0.1) is 11.3 Å². The molecule has 3 heteroatoms. The first kappa shape index (κ1) is 13.8. The van der Waals surface area contributed by atoms with Gasteiger partial charge in [0.1, 0.15) is 5.01 Å². The quantitative estimate of drug-likeness (QED) is 0.888. The van der Waals surface area contributed by atoms with Crippen LogP contribution in [0.1, 0.15) is 46.1 Å². The van der Waals surface area contributed by atoms with Crippen LogP contribution >= 0.6 is 11.3 Å². The van der Waals surface area contributed by atoms with Crippen molar-refractivity contribution in [3.05, 3.63) is 39.4 Å². The number of thiazole rings is 1. The van der Waals surface area contributed by atoms with E-state index in [1.54, 1.807) is 0 Å². The van der Waals surface area contributed by atoms with Crippen molar-refractivity contribution < 1.29 is 0 Å². The molecule has 0 radical (unpaired) electrons. The monoisotopic (exact) mass is 286 g/mol. The van der Waals surface area contributed by atoms with Crippen molar-refractivity contribution in [2.75, 3.05) is 7.05 Å². The molecule has 1 atom stereocenters. The van der Waals surface area contributed by atoms with Crippen molar-refractivity contribution in [2.24, 2.45) is 0 Å². The van der Waals surface area contributed by atoms with E-state index >= 15 is 0 Å². The highest BCUT2D eigenvalue weighted by Crippen LogP contribution is 2.39. The molecule has 0 bridgehead atoms. The molecule has 1 unspecified atom stereocenters. The maximum Gasteiger partial charge on any atom is 0.124 e. The predicted octanol–water partition coefficient (Wildman–Crippen LogP) is 4.33. The van der Waals surface area contributed by atoms with Gasteiger partial charge in [-0.3, -0.25) is 0 Å². The minimum Gasteiger partial charge on any atom is -0.312 e. The van der Waals surface area contributed by atoms with Crippen molar-refractivity contribution in [3.8, 4) is 10.6 Å². The second-order valence-electron chi connectivity index (χ2n) is 5.81. The molecule has 3 rings (SSSR count). The normalized spacial score (nSPS) is 18.1. The SMILES string of the molecule is CNC1CCCc2nc(-c3cc(C)c(C)cc3C)sc21. The summed E-state index contributed by atoms with van der Waals surface area (Å²) in [6, 6.07) is 5.07. The zero-order valence-electron chi connectivity index (χ0n) is 12.7. The van der Waals surface area contributed by atoms with Crippen LogP contribution in [0.5, 0.6) is 0 Å². The lowest BCUT2D eigenvalue weighted by Gasteiger charge is -2.19. The summed E-state index contributed by atoms with van der Waals surface area (Å²) in [5, 5.41) is 4.62. The number of nitrogens with zero attached hydrogens (tertiary/aromatic N) is 1. The van der Waals surface area contributed by atoms with E-state index in [4.69, 9.17) is 4.98 Å². The molecule has 1 heterocycles. The van der Waals surface area contributed by atoms with Crippen molar-refractivity contribution >= 4 is 11.3 Å². The van der Waals surface area contributed by atoms with E-state index in [1.807, 2.05) is 11.3 Å². The summed E-state index contributed by atoms with van der Waals surface area (Å²) in [7, 11) is 2.06. The summed E-state index contributed by atoms with van der Waals surface area (Å²) in [4.78, 5) is 6.38. The summed E-state index contributed by atoms with van der Waals surface area (Å²) in [5.41, 5.74) is 6.67. The van der Waals surface area contributed by atoms with Crippen LogP contribution in [-0.4, -0.2) is 12.0 Å². The first-order valence-electron chi connectivity index (χ1n) is 7.35. The molecule has 0 amide bonds. The highest BCUT2D eigenvalue weighted by molar-refractivity contribution is 7.15. The number of fused-ring (bicyclic) bond motifs is 1. The fourth-order valence-corrected chi connectivity index (χ4v) is 4.34. The van der Waals surface area contributed by atoms with E-state index in [0.29, 0.717) is 6.04 Å². The molecule has 1 aromatic heterocycles. The zero-order chi connectivity index (χ0) is 14.3. The fraction of sp³-hybridized carbons (Fsp3) is 0.471. The minimum absolute atomic E-state index is 0.497. The molecule has 1 aliphatic carbocycles. The Balaban J connectivity index is 2.08. The summed E-state index contributed by atoms with van der Waals surface area (Å²) in [6.07, 6.45) is 3.61. The second kappa shape index (κ2) is 5.30. The molecule has 0 saturated carbocycles. The molecule has 2 nitrogen and oxygen atoms in total. The van der Waals surface area contributed by atoms with Crippen molar-refractivity contribution in [1.82, 2.24) is 10.3 Å². The Morgan fingerprint density at radius 2 is 1.90 bits per heavy atom. The van der Waals surface area contributed by atoms with E-state index < -0.39 is 0 Å². The third-order valence-electron chi connectivity index (χ3n) is 4.37. The van der Waals surface area contributed by atoms with Gasteiger partial charge in [0.15, 0.2) is 0 Å². The van der Waals surface area contributed by atoms with Gasteiger partial charge in [-0.05, 0) is 69.8 Å². The van der Waals surface area contributed by atoms with Crippen molar-refractivity contribution in [2.45, 2.75) is 46.1 Å².